The van der Waals surface area contributed by atoms with Crippen LogP contribution >= 0.6 is 0 Å². The lowest BCUT2D eigenvalue weighted by Crippen LogP contribution is -2.11. The van der Waals surface area contributed by atoms with E-state index < -0.39 is 5.63 Å². The average Bonchev–Trinajstić information content (AvgIpc) is 3.17. The van der Waals surface area contributed by atoms with Gasteiger partial charge in [0.1, 0.15) is 5.58 Å². The Bertz CT molecular complexity index is 1210. The monoisotopic (exact) mass is 389 g/mol. The summed E-state index contributed by atoms with van der Waals surface area (Å²) in [5.41, 5.74) is 2.35. The molecule has 0 aliphatic rings. The van der Waals surface area contributed by atoms with Crippen molar-refractivity contribution in [2.45, 2.75) is 26.2 Å². The van der Waals surface area contributed by atoms with Crippen LogP contribution in [0.3, 0.4) is 0 Å². The number of fused-ring (bicyclic) bond motifs is 1. The Balaban J connectivity index is 1.33. The van der Waals surface area contributed by atoms with E-state index in [1.54, 1.807) is 12.1 Å². The van der Waals surface area contributed by atoms with Gasteiger partial charge in [0.15, 0.2) is 0 Å². The molecule has 0 spiro atoms. The van der Waals surface area contributed by atoms with Crippen LogP contribution < -0.4 is 10.9 Å². The number of anilines is 1. The molecule has 0 radical (unpaired) electrons. The summed E-state index contributed by atoms with van der Waals surface area (Å²) in [5, 5.41) is 7.64. The number of aromatic nitrogens is 2. The van der Waals surface area contributed by atoms with Crippen LogP contribution in [-0.2, 0) is 11.2 Å². The predicted octanol–water partition coefficient (Wildman–Crippen LogP) is 4.11. The summed E-state index contributed by atoms with van der Waals surface area (Å²) in [6.07, 6.45) is 1.39. The zero-order valence-electron chi connectivity index (χ0n) is 15.8. The van der Waals surface area contributed by atoms with E-state index in [9.17, 15) is 9.59 Å². The average molecular weight is 389 g/mol. The number of nitrogens with one attached hydrogen (secondary N) is 1. The first kappa shape index (κ1) is 18.6. The van der Waals surface area contributed by atoms with Crippen LogP contribution in [0.15, 0.2) is 68.3 Å². The van der Waals surface area contributed by atoms with Gasteiger partial charge in [0.05, 0.1) is 0 Å². The first-order valence-corrected chi connectivity index (χ1v) is 9.31. The van der Waals surface area contributed by atoms with Gasteiger partial charge >= 0.3 is 5.63 Å². The SMILES string of the molecule is Cc1cc(=O)oc2cc(NC(=O)CCCc3nc(-c4ccccc4)no3)ccc12. The molecular formula is C22H19N3O4. The number of carbonyl (C=O) groups is 1. The van der Waals surface area contributed by atoms with Gasteiger partial charge in [0, 0.05) is 41.6 Å². The van der Waals surface area contributed by atoms with Crippen molar-refractivity contribution in [1.29, 1.82) is 0 Å². The zero-order chi connectivity index (χ0) is 20.2. The third kappa shape index (κ3) is 4.40. The van der Waals surface area contributed by atoms with E-state index in [-0.39, 0.29) is 5.91 Å². The molecule has 7 nitrogen and oxygen atoms in total. The number of aryl methyl sites for hydroxylation is 2. The first-order valence-electron chi connectivity index (χ1n) is 9.31. The largest absolute Gasteiger partial charge is 0.423 e. The lowest BCUT2D eigenvalue weighted by Gasteiger charge is -2.06. The summed E-state index contributed by atoms with van der Waals surface area (Å²) >= 11 is 0. The van der Waals surface area contributed by atoms with E-state index in [0.717, 1.165) is 16.5 Å². The van der Waals surface area contributed by atoms with Crippen molar-refractivity contribution in [2.75, 3.05) is 5.32 Å². The summed E-state index contributed by atoms with van der Waals surface area (Å²) in [5.74, 6) is 0.903. The van der Waals surface area contributed by atoms with Gasteiger partial charge in [0.25, 0.3) is 0 Å². The van der Waals surface area contributed by atoms with Crippen molar-refractivity contribution in [3.63, 3.8) is 0 Å². The van der Waals surface area contributed by atoms with Crippen LogP contribution in [-0.4, -0.2) is 16.0 Å². The fourth-order valence-electron chi connectivity index (χ4n) is 3.09. The summed E-state index contributed by atoms with van der Waals surface area (Å²) < 4.78 is 10.5. The number of hydrogen-bond acceptors (Lipinski definition) is 6. The van der Waals surface area contributed by atoms with Crippen LogP contribution in [0, 0.1) is 6.92 Å². The minimum atomic E-state index is -0.409. The Morgan fingerprint density at radius 3 is 2.76 bits per heavy atom. The molecule has 0 fully saturated rings. The quantitative estimate of drug-likeness (QED) is 0.498. The van der Waals surface area contributed by atoms with Gasteiger partial charge in [-0.25, -0.2) is 4.79 Å². The second-order valence-electron chi connectivity index (χ2n) is 6.74. The van der Waals surface area contributed by atoms with Gasteiger partial charge in [-0.3, -0.25) is 4.79 Å². The molecule has 0 aliphatic heterocycles. The van der Waals surface area contributed by atoms with Gasteiger partial charge in [-0.2, -0.15) is 4.98 Å². The second kappa shape index (κ2) is 8.10. The third-order valence-electron chi connectivity index (χ3n) is 4.53. The molecule has 0 saturated heterocycles. The summed E-state index contributed by atoms with van der Waals surface area (Å²) in [6.45, 7) is 1.85. The smallest absolute Gasteiger partial charge is 0.336 e. The van der Waals surface area contributed by atoms with Crippen molar-refractivity contribution >= 4 is 22.6 Å². The van der Waals surface area contributed by atoms with Gasteiger partial charge in [-0.05, 0) is 31.0 Å². The van der Waals surface area contributed by atoms with Crippen molar-refractivity contribution < 1.29 is 13.7 Å². The predicted molar refractivity (Wildman–Crippen MR) is 109 cm³/mol. The Morgan fingerprint density at radius 2 is 1.93 bits per heavy atom. The molecule has 0 aliphatic carbocycles. The maximum absolute atomic E-state index is 12.2. The first-order chi connectivity index (χ1) is 14.1. The molecule has 0 atom stereocenters. The highest BCUT2D eigenvalue weighted by atomic mass is 16.5. The molecule has 0 saturated carbocycles. The molecule has 1 amide bonds. The third-order valence-corrected chi connectivity index (χ3v) is 4.53. The highest BCUT2D eigenvalue weighted by Crippen LogP contribution is 2.21. The van der Waals surface area contributed by atoms with Gasteiger partial charge in [0.2, 0.25) is 17.6 Å². The zero-order valence-corrected chi connectivity index (χ0v) is 15.8. The lowest BCUT2D eigenvalue weighted by atomic mass is 10.1. The number of carbonyl (C=O) groups excluding carboxylic acids is 1. The van der Waals surface area contributed by atoms with Crippen LogP contribution in [0.5, 0.6) is 0 Å². The van der Waals surface area contributed by atoms with Crippen molar-refractivity contribution in [2.24, 2.45) is 0 Å². The van der Waals surface area contributed by atoms with E-state index in [1.807, 2.05) is 43.3 Å². The van der Waals surface area contributed by atoms with Gasteiger partial charge in [-0.1, -0.05) is 35.5 Å². The Labute approximate surface area is 166 Å². The van der Waals surface area contributed by atoms with Crippen molar-refractivity contribution in [3.05, 3.63) is 76.5 Å². The molecule has 7 heteroatoms. The molecule has 146 valence electrons. The number of nitrogens with zero attached hydrogens (tertiary/aromatic N) is 2. The Hall–Kier alpha value is -3.74. The number of rotatable bonds is 6. The fraction of sp³-hybridized carbons (Fsp3) is 0.182. The Kier molecular flexibility index (Phi) is 5.20. The molecular weight excluding hydrogens is 370 g/mol. The number of amides is 1. The molecule has 4 rings (SSSR count). The van der Waals surface area contributed by atoms with E-state index in [0.29, 0.717) is 42.2 Å². The molecule has 4 aromatic rings. The molecule has 0 unspecified atom stereocenters. The number of benzene rings is 2. The van der Waals surface area contributed by atoms with E-state index in [1.165, 1.54) is 6.07 Å². The second-order valence-corrected chi connectivity index (χ2v) is 6.74. The molecule has 2 heterocycles. The van der Waals surface area contributed by atoms with Crippen LogP contribution in [0.25, 0.3) is 22.4 Å². The standard InChI is InChI=1S/C22H19N3O4/c1-14-12-21(27)28-18-13-16(10-11-17(14)18)23-19(26)8-5-9-20-24-22(25-29-20)15-6-3-2-4-7-15/h2-4,6-7,10-13H,5,8-9H2,1H3,(H,23,26). The maximum atomic E-state index is 12.2. The Morgan fingerprint density at radius 1 is 1.10 bits per heavy atom. The highest BCUT2D eigenvalue weighted by molar-refractivity contribution is 5.93. The molecule has 2 aromatic heterocycles. The normalized spacial score (nSPS) is 10.9. The van der Waals surface area contributed by atoms with Gasteiger partial charge in [-0.15, -0.1) is 0 Å². The lowest BCUT2D eigenvalue weighted by molar-refractivity contribution is -0.116. The summed E-state index contributed by atoms with van der Waals surface area (Å²) in [7, 11) is 0. The topological polar surface area (TPSA) is 98.2 Å². The molecule has 29 heavy (non-hydrogen) atoms. The minimum Gasteiger partial charge on any atom is -0.423 e. The van der Waals surface area contributed by atoms with Crippen molar-refractivity contribution in [1.82, 2.24) is 10.1 Å². The summed E-state index contributed by atoms with van der Waals surface area (Å²) in [6, 6.07) is 16.3. The van der Waals surface area contributed by atoms with Crippen molar-refractivity contribution in [3.8, 4) is 11.4 Å². The van der Waals surface area contributed by atoms with Crippen LogP contribution in [0.4, 0.5) is 5.69 Å². The molecule has 2 aromatic carbocycles. The highest BCUT2D eigenvalue weighted by Gasteiger charge is 2.10. The number of hydrogen-bond donors (Lipinski definition) is 1. The summed E-state index contributed by atoms with van der Waals surface area (Å²) in [4.78, 5) is 28.1. The van der Waals surface area contributed by atoms with Crippen LogP contribution in [0.2, 0.25) is 0 Å². The maximum Gasteiger partial charge on any atom is 0.336 e. The molecule has 0 bridgehead atoms. The van der Waals surface area contributed by atoms with E-state index >= 15 is 0 Å². The fourth-order valence-corrected chi connectivity index (χ4v) is 3.09. The van der Waals surface area contributed by atoms with Gasteiger partial charge < -0.3 is 14.3 Å². The molecule has 1 N–H and O–H groups in total. The van der Waals surface area contributed by atoms with Crippen LogP contribution in [0.1, 0.15) is 24.3 Å². The van der Waals surface area contributed by atoms with E-state index in [4.69, 9.17) is 8.94 Å². The minimum absolute atomic E-state index is 0.137. The van der Waals surface area contributed by atoms with E-state index in [2.05, 4.69) is 15.5 Å².